The predicted octanol–water partition coefficient (Wildman–Crippen LogP) is 20.8. The minimum absolute atomic E-state index is 0.0410. The summed E-state index contributed by atoms with van der Waals surface area (Å²) in [6, 6.07) is 32.2. The molecule has 8 aromatic carbocycles. The summed E-state index contributed by atoms with van der Waals surface area (Å²) in [5.74, 6) is -15.0. The number of carboxylic acid groups (broad SMARTS) is 1. The van der Waals surface area contributed by atoms with Crippen molar-refractivity contribution >= 4 is 82.4 Å². The lowest BCUT2D eigenvalue weighted by Gasteiger charge is -2.42. The van der Waals surface area contributed by atoms with E-state index in [2.05, 4.69) is 88.5 Å². The third-order valence-corrected chi connectivity index (χ3v) is 31.9. The van der Waals surface area contributed by atoms with Crippen LogP contribution in [0, 0.1) is 58.3 Å². The Balaban J connectivity index is 0.000000134. The van der Waals surface area contributed by atoms with E-state index in [4.69, 9.17) is 0 Å². The number of aromatic nitrogens is 4. The van der Waals surface area contributed by atoms with Gasteiger partial charge in [0.1, 0.15) is 65.6 Å². The van der Waals surface area contributed by atoms with Gasteiger partial charge in [-0.25, -0.2) is 65.5 Å². The fourth-order valence-corrected chi connectivity index (χ4v) is 24.4. The van der Waals surface area contributed by atoms with E-state index >= 15 is 35.1 Å². The van der Waals surface area contributed by atoms with Crippen LogP contribution in [-0.4, -0.2) is 266 Å². The van der Waals surface area contributed by atoms with E-state index in [0.29, 0.717) is 75.6 Å². The van der Waals surface area contributed by atoms with Crippen molar-refractivity contribution in [3.8, 4) is 0 Å². The Kier molecular flexibility index (Phi) is 33.0. The van der Waals surface area contributed by atoms with Crippen LogP contribution in [0.4, 0.5) is 79.8 Å². The molecule has 0 aliphatic carbocycles. The Hall–Kier alpha value is -10.8. The molecule has 12 aromatic rings. The van der Waals surface area contributed by atoms with Crippen LogP contribution in [0.3, 0.4) is 0 Å². The SMILES string of the molecule is CCCCN1CC(Nc2cc(F)c([C@@H]3c4[nH]c5ccc(F)cc5c4C[C@@H](C)N3CC(F)(F)CO)c(F)c2)C1.CCCCN1CC(Nc2cc(F)c([C@@H]3c4[nH]c5ccccc5c4C[C@@H](C)N3CC(F)(F)CO)c(F)c2)C1.CCCCN1CC(Nc2cc(F)c([C@@H]3c4[nH]c5ccccc5c4C[C@@H](C)N3C[C@@H](C)C(=O)O)c(F)c2)C1.CCCCN1CC(Nc2cc(F)c([C@H]3c4[nH]c5ccccc5c4C[C@@H](C)N3S(C)(=O)=O)c(F)c2)C1. The molecule has 0 saturated carbocycles. The number of H-pyrrole nitrogens is 4. The summed E-state index contributed by atoms with van der Waals surface area (Å²) < 4.78 is 224. The van der Waals surface area contributed by atoms with Crippen LogP contribution in [0.25, 0.3) is 43.6 Å². The van der Waals surface area contributed by atoms with E-state index in [0.717, 1.165) is 191 Å². The Labute approximate surface area is 849 Å². The van der Waals surface area contributed by atoms with E-state index in [-0.39, 0.29) is 65.4 Å². The number of nitrogens with one attached hydrogen (secondary N) is 8. The molecule has 4 aromatic heterocycles. The Bertz CT molecular complexity index is 6710. The molecular formula is C111H135F13N16O6S. The smallest absolute Gasteiger partial charge is 0.307 e. The van der Waals surface area contributed by atoms with Gasteiger partial charge in [-0.05, 0) is 212 Å². The average Bonchev–Trinajstić information content (AvgIpc) is 1.61. The number of carbonyl (C=O) groups is 1. The summed E-state index contributed by atoms with van der Waals surface area (Å²) >= 11 is 0. The number of likely N-dealkylation sites (tertiary alicyclic amines) is 4. The maximum Gasteiger partial charge on any atom is 0.307 e. The van der Waals surface area contributed by atoms with Gasteiger partial charge in [-0.1, -0.05) is 115 Å². The first-order chi connectivity index (χ1) is 70.2. The predicted molar refractivity (Wildman–Crippen MR) is 551 cm³/mol. The number of hydrogen-bond donors (Lipinski definition) is 11. The Morgan fingerprint density at radius 1 is 0.388 bits per heavy atom. The molecular weight excluding hydrogens is 1930 g/mol. The molecule has 0 radical (unpaired) electrons. The maximum absolute atomic E-state index is 15.8. The Morgan fingerprint density at radius 2 is 0.653 bits per heavy atom. The van der Waals surface area contributed by atoms with Crippen molar-refractivity contribution in [3.05, 3.63) is 259 Å². The number of aliphatic carboxylic acids is 1. The number of alkyl halides is 4. The lowest BCUT2D eigenvalue weighted by Crippen LogP contribution is -2.54. The van der Waals surface area contributed by atoms with E-state index < -0.39 is 155 Å². The first kappa shape index (κ1) is 108. The number of unbranched alkanes of at least 4 members (excludes halogenated alkanes) is 4. The van der Waals surface area contributed by atoms with Gasteiger partial charge >= 0.3 is 5.97 Å². The topological polar surface area (TPSA) is 249 Å². The number of anilines is 4. The summed E-state index contributed by atoms with van der Waals surface area (Å²) in [5, 5.41) is 44.5. The molecule has 22 nitrogen and oxygen atoms in total. The first-order valence-corrected chi connectivity index (χ1v) is 53.5. The van der Waals surface area contributed by atoms with Crippen LogP contribution in [-0.2, 0) is 40.5 Å². The molecule has 11 N–H and O–H groups in total. The number of rotatable bonds is 34. The number of halogens is 13. The van der Waals surface area contributed by atoms with E-state index in [1.54, 1.807) is 27.7 Å². The zero-order valence-electron chi connectivity index (χ0n) is 84.8. The minimum Gasteiger partial charge on any atom is -0.481 e. The van der Waals surface area contributed by atoms with E-state index in [1.165, 1.54) is 80.8 Å². The highest BCUT2D eigenvalue weighted by molar-refractivity contribution is 7.88. The largest absolute Gasteiger partial charge is 0.481 e. The highest BCUT2D eigenvalue weighted by Gasteiger charge is 2.50. The summed E-state index contributed by atoms with van der Waals surface area (Å²) in [4.78, 5) is 38.6. The third-order valence-electron chi connectivity index (χ3n) is 30.5. The van der Waals surface area contributed by atoms with E-state index in [1.807, 2.05) is 84.6 Å². The summed E-state index contributed by atoms with van der Waals surface area (Å²) in [5.41, 5.74) is 9.18. The van der Waals surface area contributed by atoms with Crippen LogP contribution >= 0.6 is 0 Å². The average molecular weight is 2070 g/mol. The molecule has 0 unspecified atom stereocenters. The van der Waals surface area contributed by atoms with Gasteiger partial charge in [-0.2, -0.15) is 4.31 Å². The van der Waals surface area contributed by atoms with Crippen LogP contribution in [0.1, 0.15) is 205 Å². The summed E-state index contributed by atoms with van der Waals surface area (Å²) in [6.45, 7) is 23.9. The lowest BCUT2D eigenvalue weighted by atomic mass is 9.87. The molecule has 0 spiro atoms. The van der Waals surface area contributed by atoms with Crippen LogP contribution in [0.15, 0.2) is 140 Å². The molecule has 4 saturated heterocycles. The number of sulfonamides is 1. The standard InChI is InChI=1S/C29H36F2N4O2.C28H33F5N4O.C28H34F4N4O.C26H32F2N4O2S/c1-4-5-10-34-15-20(16-34)32-19-12-23(30)26(24(31)13-19)28-27-22(21-8-6-7-9-25(21)33-27)11-18(3)35(28)14-17(2)29(36)37;1-3-4-7-36-12-19(13-36)34-18-10-22(30)25(23(31)11-18)27-26-21(20-9-17(29)5-6-24(20)35-26)8-16(2)37(27)14-28(32,33)15-38;1-3-4-9-35-13-19(14-35)33-18-11-22(29)25(23(30)12-18)27-26-21(20-7-5-6-8-24(20)34-26)10-17(2)36(27)15-28(31,32)16-37;1-4-5-10-31-14-18(15-31)29-17-12-21(27)24(22(28)13-17)26-25-20(11-16(2)32(26)35(3,33)34)19-8-6-7-9-23(19)30-25/h6-9,12-13,17-18,20,28,32-33H,4-5,10-11,14-16H2,1-3H3,(H,36,37);5-6,9-11,16,19,27,34-35,38H,3-4,7-8,12-15H2,1-2H3;5-8,11-12,17,19,27,33-34,37H,3-4,9-10,13-16H2,1-2H3;6-9,12-13,16,18,26,29-30H,4-5,10-11,14-15H2,1-3H3/t17-,18-,28-;16-,27-;17-,27-;16-,26+/m1111/s1. The highest BCUT2D eigenvalue weighted by atomic mass is 32.2. The highest BCUT2D eigenvalue weighted by Crippen LogP contribution is 2.51. The fourth-order valence-electron chi connectivity index (χ4n) is 23.1. The minimum atomic E-state index is -3.77. The molecule has 4 fully saturated rings. The molecule has 0 bridgehead atoms. The molecule has 147 heavy (non-hydrogen) atoms. The van der Waals surface area contributed by atoms with Gasteiger partial charge < -0.3 is 56.5 Å². The number of nitrogens with zero attached hydrogens (tertiary/aromatic N) is 8. The molecule has 8 aliphatic heterocycles. The number of aliphatic hydroxyl groups is 2. The van der Waals surface area contributed by atoms with Crippen molar-refractivity contribution in [2.45, 2.75) is 224 Å². The van der Waals surface area contributed by atoms with Crippen molar-refractivity contribution in [3.63, 3.8) is 0 Å². The molecule has 36 heteroatoms. The fraction of sp³-hybridized carbons (Fsp3) is 0.486. The molecule has 9 atom stereocenters. The number of hydrogen-bond acceptors (Lipinski definition) is 16. The van der Waals surface area contributed by atoms with Gasteiger partial charge in [0.2, 0.25) is 10.0 Å². The first-order valence-electron chi connectivity index (χ1n) is 51.7. The van der Waals surface area contributed by atoms with Crippen LogP contribution < -0.4 is 21.3 Å². The van der Waals surface area contributed by atoms with Crippen molar-refractivity contribution in [1.29, 1.82) is 0 Å². The van der Waals surface area contributed by atoms with Gasteiger partial charge in [-0.3, -0.25) is 39.1 Å². The van der Waals surface area contributed by atoms with Crippen molar-refractivity contribution in [2.24, 2.45) is 5.92 Å². The zero-order chi connectivity index (χ0) is 105. The van der Waals surface area contributed by atoms with Gasteiger partial charge in [0.15, 0.2) is 0 Å². The lowest BCUT2D eigenvalue weighted by molar-refractivity contribution is -0.142. The second-order valence-corrected chi connectivity index (χ2v) is 43.7. The molecule has 12 heterocycles. The normalized spacial score (nSPS) is 21.4. The van der Waals surface area contributed by atoms with Gasteiger partial charge in [0.25, 0.3) is 11.8 Å². The monoisotopic (exact) mass is 2070 g/mol. The van der Waals surface area contributed by atoms with Gasteiger partial charge in [0.05, 0.1) is 73.6 Å². The second kappa shape index (κ2) is 45.2. The van der Waals surface area contributed by atoms with Gasteiger partial charge in [-0.15, -0.1) is 0 Å². The van der Waals surface area contributed by atoms with Crippen molar-refractivity contribution in [1.82, 2.24) is 58.5 Å². The molecule has 0 amide bonds. The van der Waals surface area contributed by atoms with Crippen molar-refractivity contribution < 1.29 is 85.6 Å². The molecule has 8 aliphatic rings. The molecule has 792 valence electrons. The number of para-hydroxylation sites is 3. The summed E-state index contributed by atoms with van der Waals surface area (Å²) in [6.07, 6.45) is 11.9. The molecule has 20 rings (SSSR count). The van der Waals surface area contributed by atoms with Crippen LogP contribution in [0.2, 0.25) is 0 Å². The number of carboxylic acids is 1. The van der Waals surface area contributed by atoms with Crippen LogP contribution in [0.5, 0.6) is 0 Å². The Morgan fingerprint density at radius 3 is 0.946 bits per heavy atom. The van der Waals surface area contributed by atoms with Crippen molar-refractivity contribution in [2.75, 3.05) is 139 Å². The number of aromatic amines is 4. The second-order valence-electron chi connectivity index (χ2n) is 41.9. The number of fused-ring (bicyclic) bond motifs is 12. The van der Waals surface area contributed by atoms with Gasteiger partial charge in [0, 0.05) is 194 Å². The third kappa shape index (κ3) is 23.3. The quantitative estimate of drug-likeness (QED) is 0.0168. The number of aliphatic hydroxyl groups excluding tert-OH is 2. The maximum atomic E-state index is 15.8. The number of benzene rings is 8. The van der Waals surface area contributed by atoms with E-state index in [9.17, 15) is 50.5 Å². The zero-order valence-corrected chi connectivity index (χ0v) is 85.6. The summed E-state index contributed by atoms with van der Waals surface area (Å²) in [7, 11) is -3.77.